The van der Waals surface area contributed by atoms with Crippen molar-refractivity contribution in [2.45, 2.75) is 44.4 Å². The zero-order valence-corrected chi connectivity index (χ0v) is 19.0. The summed E-state index contributed by atoms with van der Waals surface area (Å²) in [6.07, 6.45) is 3.93. The number of carbonyl (C=O) groups is 3. The first-order valence-electron chi connectivity index (χ1n) is 11.8. The second-order valence-corrected chi connectivity index (χ2v) is 8.89. The summed E-state index contributed by atoms with van der Waals surface area (Å²) in [6, 6.07) is 12.2. The van der Waals surface area contributed by atoms with Crippen molar-refractivity contribution in [3.63, 3.8) is 0 Å². The fourth-order valence-corrected chi connectivity index (χ4v) is 4.54. The first-order chi connectivity index (χ1) is 16.6. The second-order valence-electron chi connectivity index (χ2n) is 8.89. The summed E-state index contributed by atoms with van der Waals surface area (Å²) in [5.74, 6) is -0.243. The lowest BCUT2D eigenvalue weighted by atomic mass is 10.1. The summed E-state index contributed by atoms with van der Waals surface area (Å²) in [6.45, 7) is 2.58. The van der Waals surface area contributed by atoms with Gasteiger partial charge in [-0.3, -0.25) is 19.3 Å². The van der Waals surface area contributed by atoms with Crippen LogP contribution in [0.25, 0.3) is 0 Å². The van der Waals surface area contributed by atoms with E-state index in [-0.39, 0.29) is 42.0 Å². The molecule has 0 aromatic heterocycles. The summed E-state index contributed by atoms with van der Waals surface area (Å²) < 4.78 is 16.9. The highest BCUT2D eigenvalue weighted by Crippen LogP contribution is 2.26. The highest BCUT2D eigenvalue weighted by molar-refractivity contribution is 6.22. The van der Waals surface area contributed by atoms with Gasteiger partial charge in [0.15, 0.2) is 0 Å². The number of hydrogen-bond donors (Lipinski definition) is 1. The van der Waals surface area contributed by atoms with E-state index in [4.69, 9.17) is 14.2 Å². The van der Waals surface area contributed by atoms with Crippen molar-refractivity contribution in [3.05, 3.63) is 64.7 Å². The zero-order chi connectivity index (χ0) is 23.5. The van der Waals surface area contributed by atoms with Crippen LogP contribution in [0.5, 0.6) is 5.75 Å². The van der Waals surface area contributed by atoms with Gasteiger partial charge in [-0.15, -0.1) is 0 Å². The van der Waals surface area contributed by atoms with Gasteiger partial charge in [-0.2, -0.15) is 0 Å². The van der Waals surface area contributed by atoms with Crippen LogP contribution in [0.2, 0.25) is 0 Å². The van der Waals surface area contributed by atoms with E-state index in [2.05, 4.69) is 5.32 Å². The summed E-state index contributed by atoms with van der Waals surface area (Å²) >= 11 is 0. The van der Waals surface area contributed by atoms with Gasteiger partial charge in [0.05, 0.1) is 29.9 Å². The number of ether oxygens (including phenoxy) is 3. The lowest BCUT2D eigenvalue weighted by molar-refractivity contribution is 0.0475. The van der Waals surface area contributed by atoms with Crippen molar-refractivity contribution in [2.24, 2.45) is 0 Å². The van der Waals surface area contributed by atoms with Gasteiger partial charge in [-0.1, -0.05) is 12.1 Å². The number of imide groups is 1. The summed E-state index contributed by atoms with van der Waals surface area (Å²) in [7, 11) is 0. The summed E-state index contributed by atoms with van der Waals surface area (Å²) in [5, 5.41) is 2.87. The van der Waals surface area contributed by atoms with Gasteiger partial charge >= 0.3 is 0 Å². The number of hydrogen-bond acceptors (Lipinski definition) is 6. The highest BCUT2D eigenvalue weighted by atomic mass is 16.5. The second kappa shape index (κ2) is 9.95. The SMILES string of the molecule is O=C(NCc1ccc(OCC2CCCO2)cc1)c1ccc2c(c1)C(=O)N(CC1CCCO1)C2=O. The number of carbonyl (C=O) groups excluding carboxylic acids is 3. The fourth-order valence-electron chi connectivity index (χ4n) is 4.54. The van der Waals surface area contributed by atoms with Crippen molar-refractivity contribution in [1.82, 2.24) is 10.2 Å². The van der Waals surface area contributed by atoms with Gasteiger partial charge in [0.2, 0.25) is 0 Å². The quantitative estimate of drug-likeness (QED) is 0.604. The van der Waals surface area contributed by atoms with E-state index in [0.29, 0.717) is 30.9 Å². The van der Waals surface area contributed by atoms with Crippen molar-refractivity contribution in [3.8, 4) is 5.75 Å². The molecule has 2 fully saturated rings. The van der Waals surface area contributed by atoms with Crippen LogP contribution in [0, 0.1) is 0 Å². The Morgan fingerprint density at radius 1 is 0.941 bits per heavy atom. The van der Waals surface area contributed by atoms with Crippen LogP contribution in [0.4, 0.5) is 0 Å². The van der Waals surface area contributed by atoms with Crippen LogP contribution < -0.4 is 10.1 Å². The maximum Gasteiger partial charge on any atom is 0.261 e. The molecule has 2 atom stereocenters. The molecule has 3 aliphatic heterocycles. The predicted octanol–water partition coefficient (Wildman–Crippen LogP) is 2.95. The lowest BCUT2D eigenvalue weighted by Crippen LogP contribution is -2.36. The summed E-state index contributed by atoms with van der Waals surface area (Å²) in [5.41, 5.74) is 1.87. The van der Waals surface area contributed by atoms with E-state index in [0.717, 1.165) is 43.6 Å². The molecule has 0 radical (unpaired) electrons. The average Bonchev–Trinajstić information content (AvgIpc) is 3.62. The molecule has 1 N–H and O–H groups in total. The van der Waals surface area contributed by atoms with Crippen molar-refractivity contribution < 1.29 is 28.6 Å². The summed E-state index contributed by atoms with van der Waals surface area (Å²) in [4.78, 5) is 39.4. The maximum absolute atomic E-state index is 12.8. The molecular formula is C26H28N2O6. The van der Waals surface area contributed by atoms with Crippen molar-refractivity contribution in [2.75, 3.05) is 26.4 Å². The van der Waals surface area contributed by atoms with Gasteiger partial charge in [0.25, 0.3) is 17.7 Å². The third kappa shape index (κ3) is 4.83. The molecule has 178 valence electrons. The molecule has 0 aliphatic carbocycles. The van der Waals surface area contributed by atoms with Crippen molar-refractivity contribution >= 4 is 17.7 Å². The molecule has 3 aliphatic rings. The highest BCUT2D eigenvalue weighted by Gasteiger charge is 2.37. The van der Waals surface area contributed by atoms with Crippen LogP contribution in [0.3, 0.4) is 0 Å². The third-order valence-electron chi connectivity index (χ3n) is 6.48. The van der Waals surface area contributed by atoms with E-state index >= 15 is 0 Å². The Kier molecular flexibility index (Phi) is 6.60. The van der Waals surface area contributed by atoms with Crippen LogP contribution in [-0.2, 0) is 16.0 Å². The van der Waals surface area contributed by atoms with Gasteiger partial charge in [0.1, 0.15) is 12.4 Å². The molecule has 34 heavy (non-hydrogen) atoms. The number of nitrogens with zero attached hydrogens (tertiary/aromatic N) is 1. The maximum atomic E-state index is 12.8. The predicted molar refractivity (Wildman–Crippen MR) is 123 cm³/mol. The molecule has 0 bridgehead atoms. The average molecular weight is 465 g/mol. The van der Waals surface area contributed by atoms with E-state index in [9.17, 15) is 14.4 Å². The number of benzene rings is 2. The molecule has 8 nitrogen and oxygen atoms in total. The molecule has 3 heterocycles. The minimum absolute atomic E-state index is 0.113. The molecule has 0 spiro atoms. The third-order valence-corrected chi connectivity index (χ3v) is 6.48. The Balaban J connectivity index is 1.16. The Morgan fingerprint density at radius 3 is 2.35 bits per heavy atom. The van der Waals surface area contributed by atoms with Crippen LogP contribution in [0.1, 0.15) is 62.3 Å². The number of nitrogens with one attached hydrogen (secondary N) is 1. The van der Waals surface area contributed by atoms with Crippen molar-refractivity contribution in [1.29, 1.82) is 0 Å². The normalized spacial score (nSPS) is 21.7. The minimum Gasteiger partial charge on any atom is -0.491 e. The first-order valence-corrected chi connectivity index (χ1v) is 11.8. The zero-order valence-electron chi connectivity index (χ0n) is 19.0. The fraction of sp³-hybridized carbons (Fsp3) is 0.423. The van der Waals surface area contributed by atoms with Gasteiger partial charge in [0, 0.05) is 25.3 Å². The van der Waals surface area contributed by atoms with E-state index in [1.807, 2.05) is 24.3 Å². The molecule has 5 rings (SSSR count). The lowest BCUT2D eigenvalue weighted by Gasteiger charge is -2.17. The van der Waals surface area contributed by atoms with Crippen LogP contribution >= 0.6 is 0 Å². The number of amides is 3. The molecule has 0 saturated carbocycles. The van der Waals surface area contributed by atoms with E-state index in [1.54, 1.807) is 12.1 Å². The number of fused-ring (bicyclic) bond motifs is 1. The molecule has 2 aromatic rings. The Bertz CT molecular complexity index is 1070. The molecular weight excluding hydrogens is 436 g/mol. The van der Waals surface area contributed by atoms with Crippen LogP contribution in [0.15, 0.2) is 42.5 Å². The standard InChI is InChI=1S/C26H28N2O6/c29-24(27-14-17-5-8-19(9-6-17)34-16-21-4-2-12-33-21)18-7-10-22-23(13-18)26(31)28(25(22)30)15-20-3-1-11-32-20/h5-10,13,20-21H,1-4,11-12,14-16H2,(H,27,29). The smallest absolute Gasteiger partial charge is 0.261 e. The minimum atomic E-state index is -0.372. The molecule has 2 unspecified atom stereocenters. The monoisotopic (exact) mass is 464 g/mol. The molecule has 2 saturated heterocycles. The Morgan fingerprint density at radius 2 is 1.65 bits per heavy atom. The van der Waals surface area contributed by atoms with Gasteiger partial charge in [-0.05, 0) is 61.6 Å². The molecule has 8 heteroatoms. The van der Waals surface area contributed by atoms with E-state index in [1.165, 1.54) is 11.0 Å². The molecule has 3 amide bonds. The molecule has 2 aromatic carbocycles. The van der Waals surface area contributed by atoms with E-state index < -0.39 is 0 Å². The first kappa shape index (κ1) is 22.6. The topological polar surface area (TPSA) is 94.2 Å². The number of rotatable bonds is 8. The van der Waals surface area contributed by atoms with Gasteiger partial charge in [-0.25, -0.2) is 0 Å². The Labute approximate surface area is 198 Å². The van der Waals surface area contributed by atoms with Gasteiger partial charge < -0.3 is 19.5 Å². The van der Waals surface area contributed by atoms with Crippen LogP contribution in [-0.4, -0.2) is 61.2 Å². The Hall–Kier alpha value is -3.23. The largest absolute Gasteiger partial charge is 0.491 e.